The normalized spacial score (nSPS) is 10.4. The first-order valence-electron chi connectivity index (χ1n) is 6.62. The number of hydrogen-bond donors (Lipinski definition) is 2. The van der Waals surface area contributed by atoms with E-state index >= 15 is 0 Å². The summed E-state index contributed by atoms with van der Waals surface area (Å²) in [4.78, 5) is 16.2. The number of rotatable bonds is 4. The smallest absolute Gasteiger partial charge is 0.319 e. The minimum Gasteiger partial charge on any atom is -0.338 e. The molecule has 2 amide bonds. The van der Waals surface area contributed by atoms with Crippen LogP contribution in [-0.2, 0) is 0 Å². The molecule has 0 aliphatic rings. The van der Waals surface area contributed by atoms with Gasteiger partial charge >= 0.3 is 6.03 Å². The minimum absolute atomic E-state index is 0.163. The average Bonchev–Trinajstić information content (AvgIpc) is 2.39. The average molecular weight is 257 g/mol. The van der Waals surface area contributed by atoms with Gasteiger partial charge < -0.3 is 10.6 Å². The highest BCUT2D eigenvalue weighted by Gasteiger charge is 2.06. The van der Waals surface area contributed by atoms with E-state index in [9.17, 15) is 4.79 Å². The van der Waals surface area contributed by atoms with E-state index in [1.165, 1.54) is 0 Å². The van der Waals surface area contributed by atoms with Gasteiger partial charge in [-0.3, -0.25) is 4.98 Å². The molecule has 0 aliphatic carbocycles. The van der Waals surface area contributed by atoms with Crippen LogP contribution in [0, 0.1) is 6.92 Å². The number of anilines is 1. The van der Waals surface area contributed by atoms with Crippen molar-refractivity contribution in [1.29, 1.82) is 0 Å². The minimum atomic E-state index is -0.163. The molecule has 2 aromatic rings. The highest BCUT2D eigenvalue weighted by atomic mass is 16.2. The number of nitrogens with zero attached hydrogens (tertiary/aromatic N) is 1. The zero-order valence-electron chi connectivity index (χ0n) is 11.4. The van der Waals surface area contributed by atoms with Crippen LogP contribution < -0.4 is 10.6 Å². The molecular weight excluding hydrogens is 238 g/mol. The van der Waals surface area contributed by atoms with Crippen molar-refractivity contribution in [2.24, 2.45) is 0 Å². The lowest BCUT2D eigenvalue weighted by atomic mass is 10.1. The Morgan fingerprint density at radius 3 is 2.89 bits per heavy atom. The predicted molar refractivity (Wildman–Crippen MR) is 78.4 cm³/mol. The van der Waals surface area contributed by atoms with Gasteiger partial charge in [0.25, 0.3) is 0 Å². The number of fused-ring (bicyclic) bond motifs is 1. The number of aromatic nitrogens is 1. The van der Waals surface area contributed by atoms with Crippen molar-refractivity contribution >= 4 is 22.6 Å². The molecule has 19 heavy (non-hydrogen) atoms. The second-order valence-corrected chi connectivity index (χ2v) is 4.56. The van der Waals surface area contributed by atoms with Crippen LogP contribution >= 0.6 is 0 Å². The summed E-state index contributed by atoms with van der Waals surface area (Å²) < 4.78 is 0. The fourth-order valence-electron chi connectivity index (χ4n) is 1.96. The van der Waals surface area contributed by atoms with E-state index in [-0.39, 0.29) is 6.03 Å². The highest BCUT2D eigenvalue weighted by molar-refractivity contribution is 6.00. The van der Waals surface area contributed by atoms with Gasteiger partial charge in [-0.05, 0) is 25.5 Å². The molecular formula is C15H19N3O. The Balaban J connectivity index is 2.18. The molecule has 0 unspecified atom stereocenters. The van der Waals surface area contributed by atoms with Gasteiger partial charge in [-0.1, -0.05) is 31.5 Å². The molecule has 0 radical (unpaired) electrons. The Bertz CT molecular complexity index is 581. The number of amides is 2. The third kappa shape index (κ3) is 3.44. The number of pyridine rings is 1. The van der Waals surface area contributed by atoms with Gasteiger partial charge in [0.1, 0.15) is 0 Å². The Morgan fingerprint density at radius 1 is 1.32 bits per heavy atom. The summed E-state index contributed by atoms with van der Waals surface area (Å²) in [6, 6.07) is 9.52. The molecule has 4 heteroatoms. The third-order valence-electron chi connectivity index (χ3n) is 2.91. The molecule has 0 spiro atoms. The van der Waals surface area contributed by atoms with Crippen LogP contribution in [0.15, 0.2) is 30.3 Å². The SMILES string of the molecule is CCCCNC(=O)Nc1cc(C)nc2ccccc12. The van der Waals surface area contributed by atoms with E-state index in [1.54, 1.807) is 0 Å². The van der Waals surface area contributed by atoms with E-state index in [1.807, 2.05) is 37.3 Å². The number of hydrogen-bond acceptors (Lipinski definition) is 2. The maximum Gasteiger partial charge on any atom is 0.319 e. The molecule has 0 saturated heterocycles. The lowest BCUT2D eigenvalue weighted by molar-refractivity contribution is 0.252. The fraction of sp³-hybridized carbons (Fsp3) is 0.333. The molecule has 100 valence electrons. The molecule has 0 atom stereocenters. The molecule has 1 heterocycles. The fourth-order valence-corrected chi connectivity index (χ4v) is 1.96. The van der Waals surface area contributed by atoms with Crippen molar-refractivity contribution < 1.29 is 4.79 Å². The van der Waals surface area contributed by atoms with Gasteiger partial charge in [-0.25, -0.2) is 4.79 Å². The zero-order valence-corrected chi connectivity index (χ0v) is 11.4. The van der Waals surface area contributed by atoms with Crippen LogP contribution in [0.1, 0.15) is 25.5 Å². The number of aryl methyl sites for hydroxylation is 1. The summed E-state index contributed by atoms with van der Waals surface area (Å²) in [6.07, 6.45) is 2.06. The molecule has 1 aromatic carbocycles. The lowest BCUT2D eigenvalue weighted by Crippen LogP contribution is -2.29. The standard InChI is InChI=1S/C15H19N3O/c1-3-4-9-16-15(19)18-14-10-11(2)17-13-8-6-5-7-12(13)14/h5-8,10H,3-4,9H2,1-2H3,(H2,16,17,18,19). The summed E-state index contributed by atoms with van der Waals surface area (Å²) in [7, 11) is 0. The number of carbonyl (C=O) groups is 1. The van der Waals surface area contributed by atoms with Crippen LogP contribution in [0.4, 0.5) is 10.5 Å². The Kier molecular flexibility index (Phi) is 4.34. The first-order chi connectivity index (χ1) is 9.20. The Labute approximate surface area is 113 Å². The van der Waals surface area contributed by atoms with Crippen molar-refractivity contribution in [3.05, 3.63) is 36.0 Å². The largest absolute Gasteiger partial charge is 0.338 e. The number of benzene rings is 1. The summed E-state index contributed by atoms with van der Waals surface area (Å²) in [5.41, 5.74) is 2.59. The van der Waals surface area contributed by atoms with Crippen LogP contribution in [-0.4, -0.2) is 17.6 Å². The first-order valence-corrected chi connectivity index (χ1v) is 6.62. The summed E-state index contributed by atoms with van der Waals surface area (Å²) in [6.45, 7) is 4.72. The van der Waals surface area contributed by atoms with Crippen molar-refractivity contribution in [2.75, 3.05) is 11.9 Å². The molecule has 1 aromatic heterocycles. The van der Waals surface area contributed by atoms with Crippen LogP contribution in [0.5, 0.6) is 0 Å². The van der Waals surface area contributed by atoms with Gasteiger partial charge in [0.15, 0.2) is 0 Å². The first kappa shape index (κ1) is 13.3. The van der Waals surface area contributed by atoms with Crippen LogP contribution in [0.25, 0.3) is 10.9 Å². The van der Waals surface area contributed by atoms with Crippen molar-refractivity contribution in [1.82, 2.24) is 10.3 Å². The van der Waals surface area contributed by atoms with Gasteiger partial charge in [0.2, 0.25) is 0 Å². The third-order valence-corrected chi connectivity index (χ3v) is 2.91. The van der Waals surface area contributed by atoms with E-state index in [2.05, 4.69) is 22.5 Å². The van der Waals surface area contributed by atoms with Crippen molar-refractivity contribution in [2.45, 2.75) is 26.7 Å². The van der Waals surface area contributed by atoms with Gasteiger partial charge in [-0.2, -0.15) is 0 Å². The topological polar surface area (TPSA) is 54.0 Å². The van der Waals surface area contributed by atoms with E-state index in [0.717, 1.165) is 35.1 Å². The second kappa shape index (κ2) is 6.18. The Hall–Kier alpha value is -2.10. The molecule has 2 rings (SSSR count). The summed E-state index contributed by atoms with van der Waals surface area (Å²) in [5, 5.41) is 6.70. The predicted octanol–water partition coefficient (Wildman–Crippen LogP) is 3.46. The number of unbranched alkanes of at least 4 members (excludes halogenated alkanes) is 1. The van der Waals surface area contributed by atoms with Gasteiger partial charge in [0.05, 0.1) is 11.2 Å². The van der Waals surface area contributed by atoms with E-state index in [4.69, 9.17) is 0 Å². The second-order valence-electron chi connectivity index (χ2n) is 4.56. The van der Waals surface area contributed by atoms with Crippen molar-refractivity contribution in [3.8, 4) is 0 Å². The number of urea groups is 1. The summed E-state index contributed by atoms with van der Waals surface area (Å²) >= 11 is 0. The van der Waals surface area contributed by atoms with Gasteiger partial charge in [-0.15, -0.1) is 0 Å². The van der Waals surface area contributed by atoms with Crippen molar-refractivity contribution in [3.63, 3.8) is 0 Å². The molecule has 0 aliphatic heterocycles. The number of para-hydroxylation sites is 1. The van der Waals surface area contributed by atoms with E-state index in [0.29, 0.717) is 6.54 Å². The molecule has 4 nitrogen and oxygen atoms in total. The zero-order chi connectivity index (χ0) is 13.7. The number of nitrogens with one attached hydrogen (secondary N) is 2. The van der Waals surface area contributed by atoms with Crippen LogP contribution in [0.2, 0.25) is 0 Å². The quantitative estimate of drug-likeness (QED) is 0.824. The monoisotopic (exact) mass is 257 g/mol. The molecule has 0 bridgehead atoms. The molecule has 0 fully saturated rings. The highest BCUT2D eigenvalue weighted by Crippen LogP contribution is 2.22. The Morgan fingerprint density at radius 2 is 2.11 bits per heavy atom. The molecule has 2 N–H and O–H groups in total. The lowest BCUT2D eigenvalue weighted by Gasteiger charge is -2.10. The summed E-state index contributed by atoms with van der Waals surface area (Å²) in [5.74, 6) is 0. The van der Waals surface area contributed by atoms with Gasteiger partial charge in [0, 0.05) is 17.6 Å². The van der Waals surface area contributed by atoms with E-state index < -0.39 is 0 Å². The molecule has 0 saturated carbocycles. The number of carbonyl (C=O) groups excluding carboxylic acids is 1. The maximum atomic E-state index is 11.8. The maximum absolute atomic E-state index is 11.8. The van der Waals surface area contributed by atoms with Crippen LogP contribution in [0.3, 0.4) is 0 Å².